The molecule has 0 atom stereocenters. The minimum absolute atomic E-state index is 0.00346. The summed E-state index contributed by atoms with van der Waals surface area (Å²) < 4.78 is 5.03. The van der Waals surface area contributed by atoms with E-state index in [-0.39, 0.29) is 18.0 Å². The van der Waals surface area contributed by atoms with Gasteiger partial charge in [0.25, 0.3) is 5.89 Å². The van der Waals surface area contributed by atoms with Crippen molar-refractivity contribution in [2.75, 3.05) is 5.32 Å². The third-order valence-electron chi connectivity index (χ3n) is 4.15. The van der Waals surface area contributed by atoms with E-state index < -0.39 is 5.76 Å². The molecular formula is C20H19N7O3S. The second-order valence-electron chi connectivity index (χ2n) is 7.04. The van der Waals surface area contributed by atoms with Crippen molar-refractivity contribution in [3.63, 3.8) is 0 Å². The van der Waals surface area contributed by atoms with Gasteiger partial charge in [-0.05, 0) is 32.9 Å². The predicted molar refractivity (Wildman–Crippen MR) is 117 cm³/mol. The molecule has 0 aromatic carbocycles. The molecule has 3 N–H and O–H groups in total. The van der Waals surface area contributed by atoms with Crippen LogP contribution in [0.5, 0.6) is 0 Å². The molecule has 11 heteroatoms. The number of nitrogens with zero attached hydrogens (tertiary/aromatic N) is 4. The highest BCUT2D eigenvalue weighted by atomic mass is 32.1. The molecule has 0 saturated carbocycles. The summed E-state index contributed by atoms with van der Waals surface area (Å²) in [6.45, 7) is 5.67. The van der Waals surface area contributed by atoms with Crippen LogP contribution in [-0.2, 0) is 0 Å². The van der Waals surface area contributed by atoms with Gasteiger partial charge < -0.3 is 9.73 Å². The molecule has 2 amide bonds. The molecule has 0 fully saturated rings. The van der Waals surface area contributed by atoms with E-state index in [1.54, 1.807) is 30.7 Å². The van der Waals surface area contributed by atoms with Crippen LogP contribution in [0.4, 0.5) is 10.6 Å². The Morgan fingerprint density at radius 3 is 2.65 bits per heavy atom. The lowest BCUT2D eigenvalue weighted by atomic mass is 10.0. The van der Waals surface area contributed by atoms with Crippen molar-refractivity contribution >= 4 is 23.2 Å². The van der Waals surface area contributed by atoms with E-state index in [2.05, 4.69) is 35.8 Å². The van der Waals surface area contributed by atoms with Gasteiger partial charge in [0.2, 0.25) is 0 Å². The van der Waals surface area contributed by atoms with Crippen LogP contribution in [-0.4, -0.2) is 37.2 Å². The summed E-state index contributed by atoms with van der Waals surface area (Å²) in [7, 11) is 0. The summed E-state index contributed by atoms with van der Waals surface area (Å²) in [5, 5.41) is 14.3. The number of anilines is 1. The van der Waals surface area contributed by atoms with Crippen molar-refractivity contribution in [3.8, 4) is 33.2 Å². The number of rotatable bonds is 5. The summed E-state index contributed by atoms with van der Waals surface area (Å²) in [6.07, 6.45) is 4.88. The normalized spacial score (nSPS) is 11.0. The van der Waals surface area contributed by atoms with Gasteiger partial charge in [-0.3, -0.25) is 10.3 Å². The first kappa shape index (κ1) is 20.4. The predicted octanol–water partition coefficient (Wildman–Crippen LogP) is 3.45. The van der Waals surface area contributed by atoms with Crippen LogP contribution in [0.1, 0.15) is 19.5 Å². The van der Waals surface area contributed by atoms with Gasteiger partial charge in [-0.1, -0.05) is 0 Å². The first-order valence-electron chi connectivity index (χ1n) is 9.40. The number of aromatic amines is 1. The van der Waals surface area contributed by atoms with Crippen molar-refractivity contribution < 1.29 is 9.21 Å². The van der Waals surface area contributed by atoms with Gasteiger partial charge in [-0.25, -0.2) is 24.7 Å². The number of aryl methyl sites for hydroxylation is 1. The highest BCUT2D eigenvalue weighted by Crippen LogP contribution is 2.35. The molecule has 4 heterocycles. The van der Waals surface area contributed by atoms with Gasteiger partial charge in [0, 0.05) is 52.4 Å². The number of H-pyrrole nitrogens is 1. The number of urea groups is 1. The van der Waals surface area contributed by atoms with Gasteiger partial charge in [0.15, 0.2) is 0 Å². The van der Waals surface area contributed by atoms with E-state index in [4.69, 9.17) is 4.42 Å². The van der Waals surface area contributed by atoms with Crippen LogP contribution >= 0.6 is 11.3 Å². The van der Waals surface area contributed by atoms with Crippen molar-refractivity contribution in [2.45, 2.75) is 26.8 Å². The maximum atomic E-state index is 12.1. The largest absolute Gasteiger partial charge is 0.434 e. The average molecular weight is 437 g/mol. The number of hydrogen-bond acceptors (Lipinski definition) is 8. The van der Waals surface area contributed by atoms with Crippen molar-refractivity contribution in [2.24, 2.45) is 0 Å². The SMILES string of the molecule is Cc1csc(-c2cc(NC(=O)NC(C)C)ncc2-c2cncc(-c3n[nH]c(=O)o3)c2)n1. The second kappa shape index (κ2) is 8.48. The number of hydrogen-bond donors (Lipinski definition) is 3. The number of aromatic nitrogens is 5. The van der Waals surface area contributed by atoms with Gasteiger partial charge in [-0.2, -0.15) is 0 Å². The summed E-state index contributed by atoms with van der Waals surface area (Å²) in [4.78, 5) is 36.6. The van der Waals surface area contributed by atoms with Crippen LogP contribution in [0, 0.1) is 6.92 Å². The van der Waals surface area contributed by atoms with E-state index >= 15 is 0 Å². The van der Waals surface area contributed by atoms with Gasteiger partial charge in [0.05, 0.1) is 5.56 Å². The molecule has 0 saturated heterocycles. The van der Waals surface area contributed by atoms with Crippen molar-refractivity contribution in [1.82, 2.24) is 30.5 Å². The van der Waals surface area contributed by atoms with E-state index in [9.17, 15) is 9.59 Å². The first-order valence-corrected chi connectivity index (χ1v) is 10.3. The molecule has 0 unspecified atom stereocenters. The number of carbonyl (C=O) groups is 1. The molecule has 0 spiro atoms. The number of amides is 2. The zero-order valence-electron chi connectivity index (χ0n) is 17.0. The molecule has 158 valence electrons. The fourth-order valence-corrected chi connectivity index (χ4v) is 3.71. The molecule has 0 aliphatic heterocycles. The number of carbonyl (C=O) groups excluding carboxylic acids is 1. The molecular weight excluding hydrogens is 418 g/mol. The average Bonchev–Trinajstić information content (AvgIpc) is 3.36. The van der Waals surface area contributed by atoms with Crippen molar-refractivity contribution in [3.05, 3.63) is 52.3 Å². The Hall–Kier alpha value is -3.86. The highest BCUT2D eigenvalue weighted by Gasteiger charge is 2.16. The topological polar surface area (TPSA) is 139 Å². The number of nitrogens with one attached hydrogen (secondary N) is 3. The van der Waals surface area contributed by atoms with Crippen LogP contribution in [0.2, 0.25) is 0 Å². The first-order chi connectivity index (χ1) is 14.9. The van der Waals surface area contributed by atoms with E-state index in [1.165, 1.54) is 11.3 Å². The molecule has 0 bridgehead atoms. The minimum Gasteiger partial charge on any atom is -0.388 e. The highest BCUT2D eigenvalue weighted by molar-refractivity contribution is 7.13. The van der Waals surface area contributed by atoms with Gasteiger partial charge in [0.1, 0.15) is 10.8 Å². The monoisotopic (exact) mass is 437 g/mol. The molecule has 4 rings (SSSR count). The Bertz CT molecular complexity index is 1290. The summed E-state index contributed by atoms with van der Waals surface area (Å²) >= 11 is 1.49. The lowest BCUT2D eigenvalue weighted by Gasteiger charge is -2.12. The van der Waals surface area contributed by atoms with Gasteiger partial charge >= 0.3 is 11.8 Å². The Morgan fingerprint density at radius 2 is 1.97 bits per heavy atom. The zero-order chi connectivity index (χ0) is 22.0. The second-order valence-corrected chi connectivity index (χ2v) is 7.90. The number of thiazole rings is 1. The van der Waals surface area contributed by atoms with Gasteiger partial charge in [-0.15, -0.1) is 16.4 Å². The molecule has 0 aliphatic rings. The third kappa shape index (κ3) is 4.67. The van der Waals surface area contributed by atoms with E-state index in [0.717, 1.165) is 27.4 Å². The standard InChI is InChI=1S/C20H19N7O3S/c1-10(2)23-19(28)25-16-5-14(18-24-11(3)9-31-18)15(8-22-16)12-4-13(7-21-6-12)17-26-27-20(29)30-17/h4-10H,1-3H3,(H,27,29)(H2,22,23,25,28). The Balaban J connectivity index is 1.77. The summed E-state index contributed by atoms with van der Waals surface area (Å²) in [6, 6.07) is 3.23. The summed E-state index contributed by atoms with van der Waals surface area (Å²) in [5.41, 5.74) is 3.71. The van der Waals surface area contributed by atoms with E-state index in [1.807, 2.05) is 26.2 Å². The zero-order valence-corrected chi connectivity index (χ0v) is 17.8. The smallest absolute Gasteiger partial charge is 0.388 e. The molecule has 0 aliphatic carbocycles. The Morgan fingerprint density at radius 1 is 1.16 bits per heavy atom. The summed E-state index contributed by atoms with van der Waals surface area (Å²) in [5.74, 6) is -0.106. The number of pyridine rings is 2. The molecule has 31 heavy (non-hydrogen) atoms. The molecule has 10 nitrogen and oxygen atoms in total. The molecule has 4 aromatic rings. The minimum atomic E-state index is -0.642. The van der Waals surface area contributed by atoms with E-state index in [0.29, 0.717) is 11.4 Å². The van der Waals surface area contributed by atoms with Crippen LogP contribution in [0.15, 0.2) is 45.3 Å². The Kier molecular flexibility index (Phi) is 5.58. The fourth-order valence-electron chi connectivity index (χ4n) is 2.88. The third-order valence-corrected chi connectivity index (χ3v) is 5.14. The maximum absolute atomic E-state index is 12.1. The molecule has 4 aromatic heterocycles. The molecule has 0 radical (unpaired) electrons. The maximum Gasteiger partial charge on any atom is 0.434 e. The Labute approximate surface area is 180 Å². The van der Waals surface area contributed by atoms with Crippen molar-refractivity contribution in [1.29, 1.82) is 0 Å². The lowest BCUT2D eigenvalue weighted by molar-refractivity contribution is 0.250. The van der Waals surface area contributed by atoms with Crippen LogP contribution in [0.25, 0.3) is 33.2 Å². The lowest BCUT2D eigenvalue weighted by Crippen LogP contribution is -2.34. The quantitative estimate of drug-likeness (QED) is 0.434. The van der Waals surface area contributed by atoms with Crippen LogP contribution in [0.3, 0.4) is 0 Å². The van der Waals surface area contributed by atoms with Crippen LogP contribution < -0.4 is 16.4 Å². The fraction of sp³-hybridized carbons (Fsp3) is 0.200.